The Morgan fingerprint density at radius 1 is 1.19 bits per heavy atom. The van der Waals surface area contributed by atoms with Crippen molar-refractivity contribution in [2.75, 3.05) is 19.8 Å². The van der Waals surface area contributed by atoms with Crippen LogP contribution in [0.15, 0.2) is 36.5 Å². The molecule has 4 atom stereocenters. The zero-order valence-electron chi connectivity index (χ0n) is 24.0. The van der Waals surface area contributed by atoms with E-state index in [-0.39, 0.29) is 42.0 Å². The maximum atomic E-state index is 13.9. The second-order valence-corrected chi connectivity index (χ2v) is 12.2. The van der Waals surface area contributed by atoms with E-state index < -0.39 is 29.8 Å². The van der Waals surface area contributed by atoms with Gasteiger partial charge in [0.1, 0.15) is 12.5 Å². The zero-order chi connectivity index (χ0) is 30.3. The molecule has 2 fully saturated rings. The topological polar surface area (TPSA) is 87.0 Å². The lowest BCUT2D eigenvalue weighted by Crippen LogP contribution is -2.45. The van der Waals surface area contributed by atoms with Gasteiger partial charge in [-0.05, 0) is 93.6 Å². The molecule has 1 aliphatic heterocycles. The lowest BCUT2D eigenvalue weighted by Gasteiger charge is -2.35. The highest BCUT2D eigenvalue weighted by atomic mass is 19.4. The van der Waals surface area contributed by atoms with Crippen LogP contribution in [-0.4, -0.2) is 62.3 Å². The van der Waals surface area contributed by atoms with Gasteiger partial charge in [-0.2, -0.15) is 17.9 Å². The van der Waals surface area contributed by atoms with Crippen molar-refractivity contribution in [2.24, 2.45) is 5.92 Å². The lowest BCUT2D eigenvalue weighted by molar-refractivity contribution is -0.146. The second-order valence-electron chi connectivity index (χ2n) is 12.2. The summed E-state index contributed by atoms with van der Waals surface area (Å²) in [7, 11) is 0. The molecule has 42 heavy (non-hydrogen) atoms. The van der Waals surface area contributed by atoms with Gasteiger partial charge in [0.2, 0.25) is 5.88 Å². The average Bonchev–Trinajstić information content (AvgIpc) is 3.67. The van der Waals surface area contributed by atoms with Crippen LogP contribution < -0.4 is 10.1 Å². The van der Waals surface area contributed by atoms with Crippen molar-refractivity contribution in [1.82, 2.24) is 30.5 Å². The van der Waals surface area contributed by atoms with Gasteiger partial charge in [-0.25, -0.2) is 13.8 Å². The van der Waals surface area contributed by atoms with Gasteiger partial charge in [0.15, 0.2) is 0 Å². The lowest BCUT2D eigenvalue weighted by atomic mass is 9.76. The Morgan fingerprint density at radius 3 is 2.60 bits per heavy atom. The Bertz CT molecular complexity index is 1380. The van der Waals surface area contributed by atoms with E-state index in [4.69, 9.17) is 9.47 Å². The number of hydrogen-bond acceptors (Lipinski definition) is 7. The van der Waals surface area contributed by atoms with Crippen LogP contribution >= 0.6 is 0 Å². The highest BCUT2D eigenvalue weighted by Gasteiger charge is 2.54. The fraction of sp³-hybridized carbons (Fsp3) is 0.586. The Hall–Kier alpha value is -3.19. The first kappa shape index (κ1) is 30.3. The number of rotatable bonds is 9. The summed E-state index contributed by atoms with van der Waals surface area (Å²) in [5, 5.41) is 13.3. The van der Waals surface area contributed by atoms with Crippen LogP contribution in [0.3, 0.4) is 0 Å². The van der Waals surface area contributed by atoms with Crippen molar-refractivity contribution in [3.8, 4) is 11.6 Å². The molecule has 228 valence electrons. The van der Waals surface area contributed by atoms with Gasteiger partial charge in [-0.3, -0.25) is 0 Å². The van der Waals surface area contributed by atoms with Crippen LogP contribution in [0.25, 0.3) is 5.69 Å². The summed E-state index contributed by atoms with van der Waals surface area (Å²) in [5.74, 6) is -1.58. The number of aromatic nitrogens is 5. The first-order chi connectivity index (χ1) is 19.8. The van der Waals surface area contributed by atoms with Crippen LogP contribution in [0.5, 0.6) is 5.88 Å². The van der Waals surface area contributed by atoms with Gasteiger partial charge < -0.3 is 14.8 Å². The second kappa shape index (κ2) is 11.5. The van der Waals surface area contributed by atoms with Gasteiger partial charge in [-0.1, -0.05) is 12.1 Å². The molecule has 1 aromatic carbocycles. The average molecular weight is 595 g/mol. The number of pyridine rings is 1. The van der Waals surface area contributed by atoms with Crippen LogP contribution in [0.4, 0.5) is 22.0 Å². The Kier molecular flexibility index (Phi) is 8.27. The molecule has 2 aliphatic rings. The highest BCUT2D eigenvalue weighted by molar-refractivity contribution is 5.42. The van der Waals surface area contributed by atoms with Gasteiger partial charge in [0, 0.05) is 22.9 Å². The van der Waals surface area contributed by atoms with E-state index in [0.717, 1.165) is 12.0 Å². The predicted molar refractivity (Wildman–Crippen MR) is 144 cm³/mol. The third-order valence-electron chi connectivity index (χ3n) is 8.17. The van der Waals surface area contributed by atoms with Crippen LogP contribution in [0.1, 0.15) is 75.7 Å². The highest BCUT2D eigenvalue weighted by Crippen LogP contribution is 2.57. The third-order valence-corrected chi connectivity index (χ3v) is 8.17. The van der Waals surface area contributed by atoms with E-state index in [0.29, 0.717) is 35.5 Å². The molecule has 0 amide bonds. The summed E-state index contributed by atoms with van der Waals surface area (Å²) in [6.07, 6.45) is -1.68. The monoisotopic (exact) mass is 594 g/mol. The fourth-order valence-corrected chi connectivity index (χ4v) is 6.22. The first-order valence-electron chi connectivity index (χ1n) is 14.0. The molecule has 1 N–H and O–H groups in total. The predicted octanol–water partition coefficient (Wildman–Crippen LogP) is 5.78. The minimum atomic E-state index is -4.76. The number of nitrogens with zero attached hydrogens (tertiary/aromatic N) is 5. The Balaban J connectivity index is 1.50. The van der Waals surface area contributed by atoms with Crippen molar-refractivity contribution in [2.45, 2.75) is 82.2 Å². The van der Waals surface area contributed by atoms with Crippen molar-refractivity contribution in [3.63, 3.8) is 0 Å². The summed E-state index contributed by atoms with van der Waals surface area (Å²) in [4.78, 5) is 4.38. The molecule has 1 aliphatic carbocycles. The largest absolute Gasteiger partial charge is 0.475 e. The van der Waals surface area contributed by atoms with Gasteiger partial charge in [-0.15, -0.1) is 5.10 Å². The molecular weight excluding hydrogens is 559 g/mol. The maximum absolute atomic E-state index is 13.9. The number of halogens is 5. The zero-order valence-corrected chi connectivity index (χ0v) is 24.0. The Labute approximate surface area is 241 Å². The van der Waals surface area contributed by atoms with Crippen molar-refractivity contribution in [3.05, 3.63) is 59.3 Å². The van der Waals surface area contributed by atoms with E-state index in [9.17, 15) is 22.0 Å². The minimum absolute atomic E-state index is 0.0522. The van der Waals surface area contributed by atoms with Crippen molar-refractivity contribution >= 4 is 0 Å². The van der Waals surface area contributed by atoms with Gasteiger partial charge in [0.25, 0.3) is 5.82 Å². The molecule has 3 heterocycles. The van der Waals surface area contributed by atoms with Gasteiger partial charge >= 0.3 is 6.18 Å². The number of alkyl halides is 4. The summed E-state index contributed by atoms with van der Waals surface area (Å²) < 4.78 is 81.4. The summed E-state index contributed by atoms with van der Waals surface area (Å²) in [6.45, 7) is 7.60. The van der Waals surface area contributed by atoms with E-state index >= 15 is 0 Å². The molecular formula is C29H35F5N6O2. The molecule has 1 saturated carbocycles. The number of benzene rings is 1. The van der Waals surface area contributed by atoms with E-state index in [2.05, 4.69) is 25.8 Å². The van der Waals surface area contributed by atoms with Crippen molar-refractivity contribution < 1.29 is 31.4 Å². The van der Waals surface area contributed by atoms with E-state index in [1.807, 2.05) is 13.8 Å². The molecule has 8 nitrogen and oxygen atoms in total. The Morgan fingerprint density at radius 2 is 1.93 bits per heavy atom. The van der Waals surface area contributed by atoms with Crippen LogP contribution in [0.2, 0.25) is 0 Å². The smallest absolute Gasteiger partial charge is 0.453 e. The standard InChI is InChI=1S/C29H35F5N6O2/c1-17(2)42-25-23(11-22(14-35-25)40-26(29(32,33)34)37-38-39-40)20-12-28(41-15-20)10-9-19(13-36-27(3,4)16-30)24(28)18-5-7-21(31)8-6-18/h5-8,11,14,17,19-20,24,36H,9-10,12-13,15-16H2,1-4H3. The number of tetrazole rings is 1. The van der Waals surface area contributed by atoms with E-state index in [1.165, 1.54) is 18.3 Å². The molecule has 0 bridgehead atoms. The number of hydrogen-bond donors (Lipinski definition) is 1. The molecule has 3 aromatic rings. The fourth-order valence-electron chi connectivity index (χ4n) is 6.22. The van der Waals surface area contributed by atoms with Crippen LogP contribution in [-0.2, 0) is 10.9 Å². The molecule has 13 heteroatoms. The third kappa shape index (κ3) is 6.12. The molecule has 1 saturated heterocycles. The molecule has 4 unspecified atom stereocenters. The number of ether oxygens (including phenoxy) is 2. The molecule has 1 spiro atoms. The molecule has 0 radical (unpaired) electrons. The normalized spacial score (nSPS) is 24.7. The summed E-state index contributed by atoms with van der Waals surface area (Å²) >= 11 is 0. The van der Waals surface area contributed by atoms with Crippen molar-refractivity contribution in [1.29, 1.82) is 0 Å². The maximum Gasteiger partial charge on any atom is 0.453 e. The summed E-state index contributed by atoms with van der Waals surface area (Å²) in [5.41, 5.74) is 0.263. The SMILES string of the molecule is CC(C)Oc1ncc(-n2nnnc2C(F)(F)F)cc1C1COC2(CCC(CNC(C)(C)CF)C2c2ccc(F)cc2)C1. The summed E-state index contributed by atoms with van der Waals surface area (Å²) in [6, 6.07) is 7.96. The first-order valence-corrected chi connectivity index (χ1v) is 14.0. The molecule has 5 rings (SSSR count). The molecule has 2 aromatic heterocycles. The van der Waals surface area contributed by atoms with E-state index in [1.54, 1.807) is 32.0 Å². The quantitative estimate of drug-likeness (QED) is 0.315. The number of nitrogens with one attached hydrogen (secondary N) is 1. The minimum Gasteiger partial charge on any atom is -0.475 e. The van der Waals surface area contributed by atoms with Gasteiger partial charge in [0.05, 0.1) is 30.2 Å². The van der Waals surface area contributed by atoms with Crippen LogP contribution in [0, 0.1) is 11.7 Å².